The topological polar surface area (TPSA) is 76.7 Å². The van der Waals surface area contributed by atoms with Crippen LogP contribution >= 0.6 is 0 Å². The van der Waals surface area contributed by atoms with Crippen LogP contribution in [0.4, 0.5) is 5.69 Å². The Morgan fingerprint density at radius 3 is 2.80 bits per heavy atom. The van der Waals surface area contributed by atoms with Gasteiger partial charge >= 0.3 is 0 Å². The third kappa shape index (κ3) is 2.68. The largest absolute Gasteiger partial charge is 0.490 e. The molecule has 2 aliphatic rings. The van der Waals surface area contributed by atoms with Gasteiger partial charge in [0.1, 0.15) is 0 Å². The summed E-state index contributed by atoms with van der Waals surface area (Å²) in [4.78, 5) is 23.1. The SMILES string of the molecule is O=C1CC(C(=O)Nc2ccc3c(c2)OCCCO3)CN1. The van der Waals surface area contributed by atoms with Crippen LogP contribution in [0.2, 0.25) is 0 Å². The Kier molecular flexibility index (Phi) is 3.45. The van der Waals surface area contributed by atoms with E-state index < -0.39 is 0 Å². The number of anilines is 1. The fraction of sp³-hybridized carbons (Fsp3) is 0.429. The lowest BCUT2D eigenvalue weighted by atomic mass is 10.1. The van der Waals surface area contributed by atoms with E-state index in [0.717, 1.165) is 6.42 Å². The van der Waals surface area contributed by atoms with E-state index in [9.17, 15) is 9.59 Å². The summed E-state index contributed by atoms with van der Waals surface area (Å²) in [6.07, 6.45) is 1.09. The number of fused-ring (bicyclic) bond motifs is 1. The molecule has 3 rings (SSSR count). The summed E-state index contributed by atoms with van der Waals surface area (Å²) in [6.45, 7) is 1.63. The molecule has 1 fully saturated rings. The third-order valence-electron chi connectivity index (χ3n) is 3.36. The third-order valence-corrected chi connectivity index (χ3v) is 3.36. The summed E-state index contributed by atoms with van der Waals surface area (Å²) in [5, 5.41) is 5.46. The number of carbonyl (C=O) groups is 2. The summed E-state index contributed by atoms with van der Waals surface area (Å²) < 4.78 is 11.1. The zero-order valence-electron chi connectivity index (χ0n) is 11.0. The molecule has 6 nitrogen and oxygen atoms in total. The van der Waals surface area contributed by atoms with E-state index in [1.54, 1.807) is 18.2 Å². The maximum atomic E-state index is 12.0. The van der Waals surface area contributed by atoms with Gasteiger partial charge in [-0.05, 0) is 12.1 Å². The lowest BCUT2D eigenvalue weighted by molar-refractivity contribution is -0.123. The van der Waals surface area contributed by atoms with Gasteiger partial charge in [0.2, 0.25) is 11.8 Å². The smallest absolute Gasteiger partial charge is 0.229 e. The summed E-state index contributed by atoms with van der Waals surface area (Å²) in [5.41, 5.74) is 0.651. The molecule has 0 radical (unpaired) electrons. The Morgan fingerprint density at radius 1 is 1.25 bits per heavy atom. The van der Waals surface area contributed by atoms with E-state index in [2.05, 4.69) is 10.6 Å². The minimum absolute atomic E-state index is 0.0798. The van der Waals surface area contributed by atoms with Gasteiger partial charge in [0.15, 0.2) is 11.5 Å². The van der Waals surface area contributed by atoms with Crippen LogP contribution in [-0.2, 0) is 9.59 Å². The van der Waals surface area contributed by atoms with Gasteiger partial charge < -0.3 is 20.1 Å². The number of nitrogens with one attached hydrogen (secondary N) is 2. The van der Waals surface area contributed by atoms with Crippen molar-refractivity contribution >= 4 is 17.5 Å². The lowest BCUT2D eigenvalue weighted by Gasteiger charge is -2.12. The molecule has 0 saturated carbocycles. The highest BCUT2D eigenvalue weighted by molar-refractivity contribution is 5.97. The van der Waals surface area contributed by atoms with Crippen LogP contribution in [0.5, 0.6) is 11.5 Å². The predicted molar refractivity (Wildman–Crippen MR) is 71.8 cm³/mol. The number of hydrogen-bond acceptors (Lipinski definition) is 4. The molecule has 1 atom stereocenters. The molecular formula is C14H16N2O4. The Morgan fingerprint density at radius 2 is 2.05 bits per heavy atom. The van der Waals surface area contributed by atoms with Crippen LogP contribution in [0, 0.1) is 5.92 Å². The maximum Gasteiger partial charge on any atom is 0.229 e. The van der Waals surface area contributed by atoms with Crippen LogP contribution in [0.3, 0.4) is 0 Å². The molecule has 2 heterocycles. The molecule has 1 saturated heterocycles. The predicted octanol–water partition coefficient (Wildman–Crippen LogP) is 0.922. The molecule has 0 aliphatic carbocycles. The molecule has 2 aliphatic heterocycles. The molecule has 106 valence electrons. The van der Waals surface area contributed by atoms with Crippen LogP contribution in [0.15, 0.2) is 18.2 Å². The monoisotopic (exact) mass is 276 g/mol. The van der Waals surface area contributed by atoms with Crippen LogP contribution in [0.25, 0.3) is 0 Å². The Labute approximate surface area is 116 Å². The first-order valence-electron chi connectivity index (χ1n) is 6.69. The fourth-order valence-electron chi connectivity index (χ4n) is 2.28. The van der Waals surface area contributed by atoms with Gasteiger partial charge in [0.05, 0.1) is 19.1 Å². The van der Waals surface area contributed by atoms with Gasteiger partial charge in [0, 0.05) is 31.1 Å². The van der Waals surface area contributed by atoms with Crippen molar-refractivity contribution in [2.75, 3.05) is 25.1 Å². The van der Waals surface area contributed by atoms with Crippen molar-refractivity contribution in [3.05, 3.63) is 18.2 Å². The first kappa shape index (κ1) is 12.8. The zero-order valence-corrected chi connectivity index (χ0v) is 11.0. The molecule has 0 aromatic heterocycles. The van der Waals surface area contributed by atoms with Crippen molar-refractivity contribution < 1.29 is 19.1 Å². The molecule has 1 aromatic rings. The maximum absolute atomic E-state index is 12.0. The summed E-state index contributed by atoms with van der Waals surface area (Å²) in [5.74, 6) is 0.791. The zero-order chi connectivity index (χ0) is 13.9. The normalized spacial score (nSPS) is 21.0. The van der Waals surface area contributed by atoms with E-state index >= 15 is 0 Å². The Bertz CT molecular complexity index is 544. The van der Waals surface area contributed by atoms with Crippen molar-refractivity contribution in [3.8, 4) is 11.5 Å². The van der Waals surface area contributed by atoms with E-state index in [0.29, 0.717) is 36.9 Å². The van der Waals surface area contributed by atoms with Crippen molar-refractivity contribution in [1.29, 1.82) is 0 Å². The highest BCUT2D eigenvalue weighted by Gasteiger charge is 2.28. The first-order chi connectivity index (χ1) is 9.72. The van der Waals surface area contributed by atoms with Gasteiger partial charge in [-0.2, -0.15) is 0 Å². The molecule has 6 heteroatoms. The molecule has 1 aromatic carbocycles. The molecule has 1 unspecified atom stereocenters. The minimum Gasteiger partial charge on any atom is -0.490 e. The second-order valence-corrected chi connectivity index (χ2v) is 4.91. The van der Waals surface area contributed by atoms with Crippen molar-refractivity contribution in [2.45, 2.75) is 12.8 Å². The number of carbonyl (C=O) groups excluding carboxylic acids is 2. The van der Waals surface area contributed by atoms with Gasteiger partial charge in [-0.15, -0.1) is 0 Å². The number of amides is 2. The number of hydrogen-bond donors (Lipinski definition) is 2. The van der Waals surface area contributed by atoms with Gasteiger partial charge in [-0.3, -0.25) is 9.59 Å². The quantitative estimate of drug-likeness (QED) is 0.842. The average Bonchev–Trinajstić information content (AvgIpc) is 2.74. The lowest BCUT2D eigenvalue weighted by Crippen LogP contribution is -2.24. The standard InChI is InChI=1S/C14H16N2O4/c17-13-6-9(8-15-13)14(18)16-10-2-3-11-12(7-10)20-5-1-4-19-11/h2-3,7,9H,1,4-6,8H2,(H,15,17)(H,16,18). The van der Waals surface area contributed by atoms with E-state index in [4.69, 9.17) is 9.47 Å². The summed E-state index contributed by atoms with van der Waals surface area (Å²) >= 11 is 0. The minimum atomic E-state index is -0.307. The molecular weight excluding hydrogens is 260 g/mol. The van der Waals surface area contributed by atoms with Crippen LogP contribution in [-0.4, -0.2) is 31.6 Å². The summed E-state index contributed by atoms with van der Waals surface area (Å²) in [6, 6.07) is 5.31. The van der Waals surface area contributed by atoms with Gasteiger partial charge in [-0.25, -0.2) is 0 Å². The number of rotatable bonds is 2. The fourth-order valence-corrected chi connectivity index (χ4v) is 2.28. The second-order valence-electron chi connectivity index (χ2n) is 4.91. The van der Waals surface area contributed by atoms with Crippen LogP contribution < -0.4 is 20.1 Å². The molecule has 0 bridgehead atoms. The molecule has 20 heavy (non-hydrogen) atoms. The van der Waals surface area contributed by atoms with Crippen molar-refractivity contribution in [1.82, 2.24) is 5.32 Å². The van der Waals surface area contributed by atoms with Crippen molar-refractivity contribution in [2.24, 2.45) is 5.92 Å². The van der Waals surface area contributed by atoms with Gasteiger partial charge in [-0.1, -0.05) is 0 Å². The molecule has 0 spiro atoms. The van der Waals surface area contributed by atoms with Crippen LogP contribution in [0.1, 0.15) is 12.8 Å². The van der Waals surface area contributed by atoms with Crippen molar-refractivity contribution in [3.63, 3.8) is 0 Å². The second kappa shape index (κ2) is 5.40. The van der Waals surface area contributed by atoms with E-state index in [1.165, 1.54) is 0 Å². The first-order valence-corrected chi connectivity index (χ1v) is 6.69. The number of ether oxygens (including phenoxy) is 2. The Balaban J connectivity index is 1.70. The Hall–Kier alpha value is -2.24. The highest BCUT2D eigenvalue weighted by Crippen LogP contribution is 2.32. The average molecular weight is 276 g/mol. The summed E-state index contributed by atoms with van der Waals surface area (Å²) in [7, 11) is 0. The van der Waals surface area contributed by atoms with Gasteiger partial charge in [0.25, 0.3) is 0 Å². The molecule has 2 amide bonds. The highest BCUT2D eigenvalue weighted by atomic mass is 16.5. The molecule has 2 N–H and O–H groups in total. The van der Waals surface area contributed by atoms with E-state index in [1.807, 2.05) is 0 Å². The number of benzene rings is 1. The van der Waals surface area contributed by atoms with E-state index in [-0.39, 0.29) is 24.2 Å².